The summed E-state index contributed by atoms with van der Waals surface area (Å²) in [7, 11) is 0. The van der Waals surface area contributed by atoms with Gasteiger partial charge in [0, 0.05) is 19.0 Å². The molecule has 3 atom stereocenters. The van der Waals surface area contributed by atoms with Crippen molar-refractivity contribution < 1.29 is 9.90 Å². The molecule has 1 saturated heterocycles. The number of fused-ring (bicyclic) bond motifs is 1. The molecule has 1 heterocycles. The van der Waals surface area contributed by atoms with E-state index in [1.165, 1.54) is 6.42 Å². The van der Waals surface area contributed by atoms with Crippen LogP contribution >= 0.6 is 0 Å². The fourth-order valence-electron chi connectivity index (χ4n) is 3.06. The average Bonchev–Trinajstić information content (AvgIpc) is 2.26. The van der Waals surface area contributed by atoms with Crippen LogP contribution in [0.3, 0.4) is 0 Å². The monoisotopic (exact) mass is 226 g/mol. The number of amides is 1. The smallest absolute Gasteiger partial charge is 0.239 e. The first-order valence-corrected chi connectivity index (χ1v) is 6.30. The lowest BCUT2D eigenvalue weighted by atomic mass is 9.71. The minimum Gasteiger partial charge on any atom is -0.389 e. The molecule has 4 nitrogen and oxygen atoms in total. The molecule has 0 radical (unpaired) electrons. The van der Waals surface area contributed by atoms with Gasteiger partial charge in [0.05, 0.1) is 11.6 Å². The maximum Gasteiger partial charge on any atom is 0.239 e. The molecule has 2 unspecified atom stereocenters. The van der Waals surface area contributed by atoms with E-state index in [1.54, 1.807) is 6.92 Å². The van der Waals surface area contributed by atoms with Gasteiger partial charge < -0.3 is 15.7 Å². The SMILES string of the molecule is C[C@@H](N)C(=O)N1CCC2(O)CCCCC2C1. The zero-order valence-corrected chi connectivity index (χ0v) is 9.98. The highest BCUT2D eigenvalue weighted by molar-refractivity contribution is 5.81. The van der Waals surface area contributed by atoms with Gasteiger partial charge in [0.15, 0.2) is 0 Å². The van der Waals surface area contributed by atoms with Gasteiger partial charge in [-0.25, -0.2) is 0 Å². The molecule has 16 heavy (non-hydrogen) atoms. The molecular weight excluding hydrogens is 204 g/mol. The topological polar surface area (TPSA) is 66.6 Å². The van der Waals surface area contributed by atoms with Crippen molar-refractivity contribution in [3.8, 4) is 0 Å². The fraction of sp³-hybridized carbons (Fsp3) is 0.917. The van der Waals surface area contributed by atoms with Crippen molar-refractivity contribution >= 4 is 5.91 Å². The van der Waals surface area contributed by atoms with Crippen LogP contribution in [0.2, 0.25) is 0 Å². The molecule has 0 bridgehead atoms. The number of hydrogen-bond donors (Lipinski definition) is 2. The third-order valence-electron chi connectivity index (χ3n) is 4.13. The molecule has 0 aromatic rings. The predicted molar refractivity (Wildman–Crippen MR) is 61.8 cm³/mol. The normalized spacial score (nSPS) is 36.7. The number of rotatable bonds is 1. The van der Waals surface area contributed by atoms with Crippen LogP contribution in [0.15, 0.2) is 0 Å². The molecular formula is C12H22N2O2. The van der Waals surface area contributed by atoms with E-state index in [0.717, 1.165) is 25.7 Å². The zero-order valence-electron chi connectivity index (χ0n) is 9.98. The molecule has 2 fully saturated rings. The second kappa shape index (κ2) is 4.34. The van der Waals surface area contributed by atoms with Crippen molar-refractivity contribution in [1.29, 1.82) is 0 Å². The molecule has 2 rings (SSSR count). The van der Waals surface area contributed by atoms with Crippen LogP contribution < -0.4 is 5.73 Å². The van der Waals surface area contributed by atoms with Gasteiger partial charge >= 0.3 is 0 Å². The molecule has 0 aromatic heterocycles. The number of hydrogen-bond acceptors (Lipinski definition) is 3. The summed E-state index contributed by atoms with van der Waals surface area (Å²) in [5, 5.41) is 10.5. The Bertz CT molecular complexity index is 280. The van der Waals surface area contributed by atoms with Crippen LogP contribution in [-0.4, -0.2) is 40.6 Å². The Kier molecular flexibility index (Phi) is 3.22. The maximum absolute atomic E-state index is 11.8. The summed E-state index contributed by atoms with van der Waals surface area (Å²) < 4.78 is 0. The average molecular weight is 226 g/mol. The highest BCUT2D eigenvalue weighted by Crippen LogP contribution is 2.39. The summed E-state index contributed by atoms with van der Waals surface area (Å²) in [6, 6.07) is -0.421. The van der Waals surface area contributed by atoms with Crippen LogP contribution in [0.1, 0.15) is 39.0 Å². The molecule has 1 aliphatic carbocycles. The molecule has 92 valence electrons. The summed E-state index contributed by atoms with van der Waals surface area (Å²) in [4.78, 5) is 13.6. The van der Waals surface area contributed by atoms with Gasteiger partial charge in [-0.05, 0) is 26.2 Å². The molecule has 1 aliphatic heterocycles. The molecule has 1 saturated carbocycles. The first-order chi connectivity index (χ1) is 7.53. The number of carbonyl (C=O) groups is 1. The van der Waals surface area contributed by atoms with Gasteiger partial charge in [-0.3, -0.25) is 4.79 Å². The van der Waals surface area contributed by atoms with Crippen molar-refractivity contribution in [3.63, 3.8) is 0 Å². The number of piperidine rings is 1. The van der Waals surface area contributed by atoms with E-state index in [2.05, 4.69) is 0 Å². The predicted octanol–water partition coefficient (Wildman–Crippen LogP) is 0.487. The standard InChI is InChI=1S/C12H22N2O2/c1-9(13)11(15)14-7-6-12(16)5-3-2-4-10(12)8-14/h9-10,16H,2-8,13H2,1H3/t9-,10?,12?/m1/s1. The number of aliphatic hydroxyl groups is 1. The minimum absolute atomic E-state index is 0.0209. The van der Waals surface area contributed by atoms with E-state index < -0.39 is 11.6 Å². The Morgan fingerprint density at radius 1 is 1.50 bits per heavy atom. The van der Waals surface area contributed by atoms with Crippen molar-refractivity contribution in [3.05, 3.63) is 0 Å². The number of nitrogens with zero attached hydrogens (tertiary/aromatic N) is 1. The van der Waals surface area contributed by atoms with Gasteiger partial charge in [-0.2, -0.15) is 0 Å². The van der Waals surface area contributed by atoms with E-state index in [9.17, 15) is 9.90 Å². The number of likely N-dealkylation sites (tertiary alicyclic amines) is 1. The summed E-state index contributed by atoms with van der Waals surface area (Å²) in [5.74, 6) is 0.283. The first kappa shape index (κ1) is 11.9. The van der Waals surface area contributed by atoms with Crippen LogP contribution in [0, 0.1) is 5.92 Å². The van der Waals surface area contributed by atoms with E-state index in [4.69, 9.17) is 5.73 Å². The fourth-order valence-corrected chi connectivity index (χ4v) is 3.06. The lowest BCUT2D eigenvalue weighted by Crippen LogP contribution is -2.56. The van der Waals surface area contributed by atoms with E-state index in [-0.39, 0.29) is 11.8 Å². The zero-order chi connectivity index (χ0) is 11.8. The van der Waals surface area contributed by atoms with Crippen molar-refractivity contribution in [2.45, 2.75) is 50.7 Å². The summed E-state index contributed by atoms with van der Waals surface area (Å²) >= 11 is 0. The van der Waals surface area contributed by atoms with E-state index in [1.807, 2.05) is 4.90 Å². The van der Waals surface area contributed by atoms with Gasteiger partial charge in [-0.1, -0.05) is 12.8 Å². The van der Waals surface area contributed by atoms with E-state index in [0.29, 0.717) is 13.1 Å². The molecule has 2 aliphatic rings. The van der Waals surface area contributed by atoms with Gasteiger partial charge in [0.25, 0.3) is 0 Å². The Hall–Kier alpha value is -0.610. The number of carbonyl (C=O) groups excluding carboxylic acids is 1. The summed E-state index contributed by atoms with van der Waals surface area (Å²) in [6.07, 6.45) is 4.95. The third kappa shape index (κ3) is 2.09. The molecule has 1 amide bonds. The van der Waals surface area contributed by atoms with Gasteiger partial charge in [0.1, 0.15) is 0 Å². The summed E-state index contributed by atoms with van der Waals surface area (Å²) in [5.41, 5.74) is 5.11. The van der Waals surface area contributed by atoms with E-state index >= 15 is 0 Å². The molecule has 3 N–H and O–H groups in total. The van der Waals surface area contributed by atoms with Crippen LogP contribution in [0.4, 0.5) is 0 Å². The van der Waals surface area contributed by atoms with Crippen molar-refractivity contribution in [2.75, 3.05) is 13.1 Å². The second-order valence-electron chi connectivity index (χ2n) is 5.37. The Morgan fingerprint density at radius 3 is 2.94 bits per heavy atom. The first-order valence-electron chi connectivity index (χ1n) is 6.30. The third-order valence-corrected chi connectivity index (χ3v) is 4.13. The van der Waals surface area contributed by atoms with Crippen molar-refractivity contribution in [1.82, 2.24) is 4.90 Å². The lowest BCUT2D eigenvalue weighted by Gasteiger charge is -2.47. The van der Waals surface area contributed by atoms with Crippen molar-refractivity contribution in [2.24, 2.45) is 11.7 Å². The quantitative estimate of drug-likeness (QED) is 0.683. The Labute approximate surface area is 96.8 Å². The Morgan fingerprint density at radius 2 is 2.25 bits per heavy atom. The minimum atomic E-state index is -0.507. The largest absolute Gasteiger partial charge is 0.389 e. The highest BCUT2D eigenvalue weighted by Gasteiger charge is 2.43. The van der Waals surface area contributed by atoms with Crippen LogP contribution in [0.5, 0.6) is 0 Å². The van der Waals surface area contributed by atoms with Crippen LogP contribution in [-0.2, 0) is 4.79 Å². The van der Waals surface area contributed by atoms with Crippen LogP contribution in [0.25, 0.3) is 0 Å². The second-order valence-corrected chi connectivity index (χ2v) is 5.37. The van der Waals surface area contributed by atoms with Gasteiger partial charge in [0.2, 0.25) is 5.91 Å². The van der Waals surface area contributed by atoms with Gasteiger partial charge in [-0.15, -0.1) is 0 Å². The maximum atomic E-state index is 11.8. The molecule has 0 spiro atoms. The Balaban J connectivity index is 2.02. The number of nitrogens with two attached hydrogens (primary N) is 1. The highest BCUT2D eigenvalue weighted by atomic mass is 16.3. The lowest BCUT2D eigenvalue weighted by molar-refractivity contribution is -0.144. The summed E-state index contributed by atoms with van der Waals surface area (Å²) in [6.45, 7) is 3.08. The molecule has 4 heteroatoms. The molecule has 0 aromatic carbocycles.